The minimum Gasteiger partial charge on any atom is -0.461 e. The Labute approximate surface area is 145 Å². The van der Waals surface area contributed by atoms with Crippen molar-refractivity contribution in [2.45, 2.75) is 39.7 Å². The first-order valence-electron chi connectivity index (χ1n) is 8.10. The van der Waals surface area contributed by atoms with Crippen LogP contribution in [-0.2, 0) is 11.3 Å². The normalized spacial score (nSPS) is 10.6. The Morgan fingerprint density at radius 1 is 1.33 bits per heavy atom. The molecule has 6 nitrogen and oxygen atoms in total. The number of hydrogen-bond acceptors (Lipinski definition) is 6. The number of hydrogen-bond donors (Lipinski definition) is 0. The molecular weight excluding hydrogens is 328 g/mol. The number of thiazole rings is 1. The van der Waals surface area contributed by atoms with Crippen LogP contribution in [0.4, 0.5) is 0 Å². The van der Waals surface area contributed by atoms with Crippen LogP contribution < -0.4 is 0 Å². The maximum atomic E-state index is 12.6. The maximum Gasteiger partial charge on any atom is 0.357 e. The van der Waals surface area contributed by atoms with Crippen LogP contribution in [0.2, 0.25) is 0 Å². The average molecular weight is 350 g/mol. The first-order chi connectivity index (χ1) is 11.7. The molecule has 0 fully saturated rings. The molecule has 7 heteroatoms. The highest BCUT2D eigenvalue weighted by atomic mass is 32.1. The molecule has 0 spiro atoms. The number of aromatic nitrogens is 1. The average Bonchev–Trinajstić information content (AvgIpc) is 3.25. The largest absolute Gasteiger partial charge is 0.461 e. The smallest absolute Gasteiger partial charge is 0.357 e. The monoisotopic (exact) mass is 350 g/mol. The second-order valence-electron chi connectivity index (χ2n) is 5.26. The first kappa shape index (κ1) is 18.2. The van der Waals surface area contributed by atoms with Gasteiger partial charge in [-0.25, -0.2) is 9.78 Å². The zero-order chi connectivity index (χ0) is 17.4. The summed E-state index contributed by atoms with van der Waals surface area (Å²) in [7, 11) is 0. The standard InChI is InChI=1S/C17H22N2O4S/c1-3-5-6-9-19(16(20)14-8-7-10-23-14)11-15-18-13(12-24-15)17(21)22-4-2/h7-8,10,12H,3-6,9,11H2,1-2H3. The lowest BCUT2D eigenvalue weighted by molar-refractivity contribution is 0.0520. The Balaban J connectivity index is 2.07. The molecule has 0 aliphatic rings. The molecule has 2 aromatic rings. The number of amides is 1. The van der Waals surface area contributed by atoms with Crippen molar-refractivity contribution in [3.63, 3.8) is 0 Å². The Hall–Kier alpha value is -2.15. The van der Waals surface area contributed by atoms with Gasteiger partial charge >= 0.3 is 5.97 Å². The molecule has 0 N–H and O–H groups in total. The SMILES string of the molecule is CCCCCN(Cc1nc(C(=O)OCC)cs1)C(=O)c1ccco1. The van der Waals surface area contributed by atoms with Crippen molar-refractivity contribution in [1.29, 1.82) is 0 Å². The highest BCUT2D eigenvalue weighted by molar-refractivity contribution is 7.09. The fourth-order valence-corrected chi connectivity index (χ4v) is 2.98. The van der Waals surface area contributed by atoms with E-state index in [9.17, 15) is 9.59 Å². The van der Waals surface area contributed by atoms with Gasteiger partial charge in [-0.2, -0.15) is 0 Å². The van der Waals surface area contributed by atoms with Gasteiger partial charge in [0.05, 0.1) is 19.4 Å². The summed E-state index contributed by atoms with van der Waals surface area (Å²) in [6.45, 7) is 5.16. The Kier molecular flexibility index (Phi) is 6.99. The second-order valence-corrected chi connectivity index (χ2v) is 6.20. The van der Waals surface area contributed by atoms with Crippen LogP contribution in [0.1, 0.15) is 59.2 Å². The van der Waals surface area contributed by atoms with Crippen LogP contribution in [-0.4, -0.2) is 34.9 Å². The Morgan fingerprint density at radius 2 is 2.17 bits per heavy atom. The molecule has 0 saturated heterocycles. The molecule has 2 aromatic heterocycles. The van der Waals surface area contributed by atoms with Crippen molar-refractivity contribution in [1.82, 2.24) is 9.88 Å². The summed E-state index contributed by atoms with van der Waals surface area (Å²) in [6, 6.07) is 3.35. The van der Waals surface area contributed by atoms with Gasteiger partial charge in [0.1, 0.15) is 5.01 Å². The Bertz CT molecular complexity index is 651. The van der Waals surface area contributed by atoms with Gasteiger partial charge in [-0.3, -0.25) is 4.79 Å². The minimum absolute atomic E-state index is 0.163. The molecule has 0 saturated carbocycles. The third-order valence-electron chi connectivity index (χ3n) is 3.41. The summed E-state index contributed by atoms with van der Waals surface area (Å²) in [5, 5.41) is 2.36. The molecule has 0 aliphatic carbocycles. The van der Waals surface area contributed by atoms with Crippen LogP contribution in [0, 0.1) is 0 Å². The van der Waals surface area contributed by atoms with E-state index in [4.69, 9.17) is 9.15 Å². The van der Waals surface area contributed by atoms with E-state index in [2.05, 4.69) is 11.9 Å². The molecule has 0 unspecified atom stereocenters. The van der Waals surface area contributed by atoms with Gasteiger partial charge in [0.15, 0.2) is 11.5 Å². The van der Waals surface area contributed by atoms with E-state index in [1.165, 1.54) is 17.6 Å². The van der Waals surface area contributed by atoms with E-state index in [0.717, 1.165) is 19.3 Å². The van der Waals surface area contributed by atoms with Gasteiger partial charge in [-0.1, -0.05) is 19.8 Å². The fourth-order valence-electron chi connectivity index (χ4n) is 2.21. The number of rotatable bonds is 9. The highest BCUT2D eigenvalue weighted by Gasteiger charge is 2.20. The van der Waals surface area contributed by atoms with Gasteiger partial charge in [-0.15, -0.1) is 11.3 Å². The van der Waals surface area contributed by atoms with E-state index in [-0.39, 0.29) is 11.6 Å². The van der Waals surface area contributed by atoms with Gasteiger partial charge in [0.2, 0.25) is 0 Å². The van der Waals surface area contributed by atoms with Crippen molar-refractivity contribution >= 4 is 23.2 Å². The van der Waals surface area contributed by atoms with E-state index in [1.54, 1.807) is 29.3 Å². The molecule has 130 valence electrons. The molecule has 0 aromatic carbocycles. The maximum absolute atomic E-state index is 12.6. The first-order valence-corrected chi connectivity index (χ1v) is 8.98. The summed E-state index contributed by atoms with van der Waals surface area (Å²) in [5.41, 5.74) is 0.288. The lowest BCUT2D eigenvalue weighted by Crippen LogP contribution is -2.31. The van der Waals surface area contributed by atoms with Crippen molar-refractivity contribution in [3.05, 3.63) is 40.2 Å². The van der Waals surface area contributed by atoms with Crippen LogP contribution >= 0.6 is 11.3 Å². The van der Waals surface area contributed by atoms with Gasteiger partial charge in [0.25, 0.3) is 5.91 Å². The van der Waals surface area contributed by atoms with E-state index >= 15 is 0 Å². The summed E-state index contributed by atoms with van der Waals surface area (Å²) in [6.07, 6.45) is 4.53. The van der Waals surface area contributed by atoms with Gasteiger partial charge in [0, 0.05) is 11.9 Å². The number of carbonyl (C=O) groups excluding carboxylic acids is 2. The molecule has 24 heavy (non-hydrogen) atoms. The van der Waals surface area contributed by atoms with Crippen LogP contribution in [0.3, 0.4) is 0 Å². The van der Waals surface area contributed by atoms with Crippen molar-refractivity contribution < 1.29 is 18.7 Å². The third kappa shape index (κ3) is 4.92. The second kappa shape index (κ2) is 9.22. The van der Waals surface area contributed by atoms with Crippen molar-refractivity contribution in [2.75, 3.05) is 13.2 Å². The summed E-state index contributed by atoms with van der Waals surface area (Å²) in [5.74, 6) is -0.285. The van der Waals surface area contributed by atoms with Gasteiger partial charge in [-0.05, 0) is 25.5 Å². The van der Waals surface area contributed by atoms with E-state index in [1.807, 2.05) is 0 Å². The molecule has 0 aliphatic heterocycles. The van der Waals surface area contributed by atoms with Crippen LogP contribution in [0.25, 0.3) is 0 Å². The summed E-state index contributed by atoms with van der Waals surface area (Å²) < 4.78 is 10.2. The number of furan rings is 1. The van der Waals surface area contributed by atoms with Crippen molar-refractivity contribution in [3.8, 4) is 0 Å². The Morgan fingerprint density at radius 3 is 2.83 bits per heavy atom. The number of unbranched alkanes of at least 4 members (excludes halogenated alkanes) is 2. The molecule has 2 rings (SSSR count). The zero-order valence-corrected chi connectivity index (χ0v) is 14.8. The molecular formula is C17H22N2O4S. The number of ether oxygens (including phenoxy) is 1. The highest BCUT2D eigenvalue weighted by Crippen LogP contribution is 2.16. The molecule has 0 bridgehead atoms. The van der Waals surface area contributed by atoms with Crippen LogP contribution in [0.15, 0.2) is 28.2 Å². The molecule has 0 radical (unpaired) electrons. The summed E-state index contributed by atoms with van der Waals surface area (Å²) >= 11 is 1.35. The topological polar surface area (TPSA) is 72.6 Å². The zero-order valence-electron chi connectivity index (χ0n) is 14.0. The predicted molar refractivity (Wildman–Crippen MR) is 91.0 cm³/mol. The predicted octanol–water partition coefficient (Wildman–Crippen LogP) is 3.75. The van der Waals surface area contributed by atoms with E-state index in [0.29, 0.717) is 30.5 Å². The number of carbonyl (C=O) groups is 2. The lowest BCUT2D eigenvalue weighted by atomic mass is 10.2. The number of nitrogens with zero attached hydrogens (tertiary/aromatic N) is 2. The number of esters is 1. The molecule has 2 heterocycles. The fraction of sp³-hybridized carbons (Fsp3) is 0.471. The van der Waals surface area contributed by atoms with Gasteiger partial charge < -0.3 is 14.1 Å². The third-order valence-corrected chi connectivity index (χ3v) is 4.25. The summed E-state index contributed by atoms with van der Waals surface area (Å²) in [4.78, 5) is 30.3. The van der Waals surface area contributed by atoms with Crippen molar-refractivity contribution in [2.24, 2.45) is 0 Å². The lowest BCUT2D eigenvalue weighted by Gasteiger charge is -2.20. The minimum atomic E-state index is -0.435. The molecule has 1 amide bonds. The molecule has 0 atom stereocenters. The quantitative estimate of drug-likeness (QED) is 0.509. The van der Waals surface area contributed by atoms with E-state index < -0.39 is 5.97 Å². The van der Waals surface area contributed by atoms with Crippen LogP contribution in [0.5, 0.6) is 0 Å².